The second-order valence-electron chi connectivity index (χ2n) is 3.30. The number of nitrogens with zero attached hydrogens (tertiary/aromatic N) is 2. The zero-order valence-electron chi connectivity index (χ0n) is 8.69. The van der Waals surface area contributed by atoms with Gasteiger partial charge in [0.1, 0.15) is 11.5 Å². The van der Waals surface area contributed by atoms with Crippen molar-refractivity contribution in [1.29, 1.82) is 0 Å². The van der Waals surface area contributed by atoms with Gasteiger partial charge in [-0.15, -0.1) is 0 Å². The molecule has 0 saturated heterocycles. The van der Waals surface area contributed by atoms with Gasteiger partial charge in [0, 0.05) is 18.7 Å². The molecule has 80 valence electrons. The fourth-order valence-corrected chi connectivity index (χ4v) is 1.19. The van der Waals surface area contributed by atoms with Gasteiger partial charge in [-0.2, -0.15) is 0 Å². The topological polar surface area (TPSA) is 73.1 Å². The highest BCUT2D eigenvalue weighted by molar-refractivity contribution is 5.81. The molecule has 0 atom stereocenters. The zero-order chi connectivity index (χ0) is 11.4. The van der Waals surface area contributed by atoms with Gasteiger partial charge in [0.2, 0.25) is 0 Å². The highest BCUT2D eigenvalue weighted by Crippen LogP contribution is 2.18. The van der Waals surface area contributed by atoms with Crippen LogP contribution in [0.4, 0.5) is 5.69 Å². The SMILES string of the molecule is CCC(=O)Cc1ncc(C)cc1[N+](=O)[O-]. The van der Waals surface area contributed by atoms with E-state index in [4.69, 9.17) is 0 Å². The number of rotatable bonds is 4. The van der Waals surface area contributed by atoms with E-state index in [0.29, 0.717) is 6.42 Å². The van der Waals surface area contributed by atoms with Crippen molar-refractivity contribution in [2.45, 2.75) is 26.7 Å². The predicted octanol–water partition coefficient (Wildman–Crippen LogP) is 1.82. The van der Waals surface area contributed by atoms with Gasteiger partial charge in [-0.1, -0.05) is 6.92 Å². The number of Topliss-reactive ketones (excluding diaryl/α,β-unsaturated/α-hetero) is 1. The first-order chi connectivity index (χ1) is 7.04. The largest absolute Gasteiger partial charge is 0.299 e. The summed E-state index contributed by atoms with van der Waals surface area (Å²) in [6, 6.07) is 1.44. The smallest absolute Gasteiger partial charge is 0.291 e. The first-order valence-electron chi connectivity index (χ1n) is 4.66. The lowest BCUT2D eigenvalue weighted by molar-refractivity contribution is -0.385. The van der Waals surface area contributed by atoms with Crippen LogP contribution in [-0.2, 0) is 11.2 Å². The number of carbonyl (C=O) groups excluding carboxylic acids is 1. The average molecular weight is 208 g/mol. The van der Waals surface area contributed by atoms with Crippen molar-refractivity contribution < 1.29 is 9.72 Å². The van der Waals surface area contributed by atoms with E-state index in [2.05, 4.69) is 4.98 Å². The van der Waals surface area contributed by atoms with Crippen molar-refractivity contribution in [3.05, 3.63) is 33.6 Å². The maximum atomic E-state index is 11.2. The molecule has 0 fully saturated rings. The van der Waals surface area contributed by atoms with Gasteiger partial charge in [0.15, 0.2) is 0 Å². The molecule has 1 heterocycles. The molecule has 0 saturated carbocycles. The monoisotopic (exact) mass is 208 g/mol. The fraction of sp³-hybridized carbons (Fsp3) is 0.400. The summed E-state index contributed by atoms with van der Waals surface area (Å²) in [6.07, 6.45) is 1.94. The van der Waals surface area contributed by atoms with Crippen molar-refractivity contribution in [1.82, 2.24) is 4.98 Å². The normalized spacial score (nSPS) is 10.0. The molecule has 5 heteroatoms. The van der Waals surface area contributed by atoms with Crippen LogP contribution in [0.25, 0.3) is 0 Å². The summed E-state index contributed by atoms with van der Waals surface area (Å²) in [7, 11) is 0. The molecule has 0 bridgehead atoms. The van der Waals surface area contributed by atoms with Gasteiger partial charge in [0.25, 0.3) is 5.69 Å². The number of aromatic nitrogens is 1. The summed E-state index contributed by atoms with van der Waals surface area (Å²) < 4.78 is 0. The molecule has 0 aliphatic heterocycles. The predicted molar refractivity (Wildman–Crippen MR) is 54.6 cm³/mol. The van der Waals surface area contributed by atoms with E-state index in [9.17, 15) is 14.9 Å². The Morgan fingerprint density at radius 2 is 2.27 bits per heavy atom. The van der Waals surface area contributed by atoms with Gasteiger partial charge in [-0.25, -0.2) is 0 Å². The molecule has 0 amide bonds. The molecular weight excluding hydrogens is 196 g/mol. The van der Waals surface area contributed by atoms with Crippen LogP contribution in [0.3, 0.4) is 0 Å². The Kier molecular flexibility index (Phi) is 3.49. The Morgan fingerprint density at radius 1 is 1.60 bits per heavy atom. The third-order valence-electron chi connectivity index (χ3n) is 2.04. The molecule has 5 nitrogen and oxygen atoms in total. The molecule has 0 N–H and O–H groups in total. The highest BCUT2D eigenvalue weighted by Gasteiger charge is 2.17. The van der Waals surface area contributed by atoms with Crippen LogP contribution in [0.2, 0.25) is 0 Å². The summed E-state index contributed by atoms with van der Waals surface area (Å²) in [5.41, 5.74) is 0.892. The van der Waals surface area contributed by atoms with Crippen molar-refractivity contribution in [3.8, 4) is 0 Å². The van der Waals surface area contributed by atoms with Crippen molar-refractivity contribution in [2.75, 3.05) is 0 Å². The number of ketones is 1. The summed E-state index contributed by atoms with van der Waals surface area (Å²) >= 11 is 0. The van der Waals surface area contributed by atoms with Crippen LogP contribution >= 0.6 is 0 Å². The van der Waals surface area contributed by atoms with Crippen LogP contribution in [-0.4, -0.2) is 15.7 Å². The third kappa shape index (κ3) is 2.83. The maximum absolute atomic E-state index is 11.2. The number of hydrogen-bond donors (Lipinski definition) is 0. The van der Waals surface area contributed by atoms with Crippen molar-refractivity contribution in [2.24, 2.45) is 0 Å². The second-order valence-corrected chi connectivity index (χ2v) is 3.30. The molecule has 0 aliphatic rings. The number of pyridine rings is 1. The molecule has 0 aliphatic carbocycles. The minimum atomic E-state index is -0.502. The first-order valence-corrected chi connectivity index (χ1v) is 4.66. The van der Waals surface area contributed by atoms with E-state index >= 15 is 0 Å². The van der Waals surface area contributed by atoms with Gasteiger partial charge in [-0.3, -0.25) is 19.9 Å². The van der Waals surface area contributed by atoms with Gasteiger partial charge in [0.05, 0.1) is 11.3 Å². The van der Waals surface area contributed by atoms with E-state index in [0.717, 1.165) is 5.56 Å². The number of carbonyl (C=O) groups is 1. The molecule has 0 radical (unpaired) electrons. The minimum Gasteiger partial charge on any atom is -0.299 e. The number of hydrogen-bond acceptors (Lipinski definition) is 4. The molecule has 0 spiro atoms. The fourth-order valence-electron chi connectivity index (χ4n) is 1.19. The quantitative estimate of drug-likeness (QED) is 0.558. The lowest BCUT2D eigenvalue weighted by atomic mass is 10.1. The molecule has 1 aromatic heterocycles. The minimum absolute atomic E-state index is 0.0348. The van der Waals surface area contributed by atoms with E-state index in [1.807, 2.05) is 0 Å². The number of nitro groups is 1. The van der Waals surface area contributed by atoms with Crippen molar-refractivity contribution >= 4 is 11.5 Å². The molecule has 1 rings (SSSR count). The van der Waals surface area contributed by atoms with Crippen LogP contribution < -0.4 is 0 Å². The lowest BCUT2D eigenvalue weighted by Gasteiger charge is -2.01. The van der Waals surface area contributed by atoms with E-state index in [1.165, 1.54) is 12.3 Å². The van der Waals surface area contributed by atoms with Crippen molar-refractivity contribution in [3.63, 3.8) is 0 Å². The molecule has 15 heavy (non-hydrogen) atoms. The molecule has 0 unspecified atom stereocenters. The Balaban J connectivity index is 3.06. The van der Waals surface area contributed by atoms with Gasteiger partial charge >= 0.3 is 0 Å². The van der Waals surface area contributed by atoms with E-state index in [-0.39, 0.29) is 23.6 Å². The second kappa shape index (κ2) is 4.63. The standard InChI is InChI=1S/C10H12N2O3/c1-3-8(13)5-9-10(12(14)15)4-7(2)6-11-9/h4,6H,3,5H2,1-2H3. The van der Waals surface area contributed by atoms with E-state index < -0.39 is 4.92 Å². The summed E-state index contributed by atoms with van der Waals surface area (Å²) in [5, 5.41) is 10.7. The summed E-state index contributed by atoms with van der Waals surface area (Å²) in [4.78, 5) is 25.3. The maximum Gasteiger partial charge on any atom is 0.291 e. The molecular formula is C10H12N2O3. The van der Waals surface area contributed by atoms with Gasteiger partial charge in [-0.05, 0) is 12.5 Å². The Labute approximate surface area is 87.3 Å². The van der Waals surface area contributed by atoms with Crippen LogP contribution in [0.15, 0.2) is 12.3 Å². The number of aryl methyl sites for hydroxylation is 1. The summed E-state index contributed by atoms with van der Waals surface area (Å²) in [5.74, 6) is -0.0468. The molecule has 0 aromatic carbocycles. The first kappa shape index (κ1) is 11.3. The zero-order valence-corrected chi connectivity index (χ0v) is 8.69. The van der Waals surface area contributed by atoms with E-state index in [1.54, 1.807) is 13.8 Å². The lowest BCUT2D eigenvalue weighted by Crippen LogP contribution is -2.06. The third-order valence-corrected chi connectivity index (χ3v) is 2.04. The Hall–Kier alpha value is -1.78. The Morgan fingerprint density at radius 3 is 2.80 bits per heavy atom. The van der Waals surface area contributed by atoms with Crippen LogP contribution in [0.1, 0.15) is 24.6 Å². The summed E-state index contributed by atoms with van der Waals surface area (Å²) in [6.45, 7) is 3.45. The van der Waals surface area contributed by atoms with Crippen LogP contribution in [0, 0.1) is 17.0 Å². The van der Waals surface area contributed by atoms with Gasteiger partial charge < -0.3 is 0 Å². The highest BCUT2D eigenvalue weighted by atomic mass is 16.6. The average Bonchev–Trinajstić information content (AvgIpc) is 2.20. The molecule has 1 aromatic rings. The van der Waals surface area contributed by atoms with Crippen LogP contribution in [0.5, 0.6) is 0 Å². The Bertz CT molecular complexity index is 402.